The van der Waals surface area contributed by atoms with Crippen molar-refractivity contribution in [3.05, 3.63) is 30.1 Å². The predicted octanol–water partition coefficient (Wildman–Crippen LogP) is 1.37. The lowest BCUT2D eigenvalue weighted by atomic mass is 10.3. The number of hydrogen-bond donors (Lipinski definition) is 2. The zero-order valence-corrected chi connectivity index (χ0v) is 10.6. The SMILES string of the molecule is CCOC(=O)NNC(=O)[C@H](C)Oc1ccccc1F. The van der Waals surface area contributed by atoms with E-state index in [1.54, 1.807) is 13.0 Å². The molecule has 0 aliphatic carbocycles. The average molecular weight is 270 g/mol. The molecular formula is C12H15FN2O4. The van der Waals surface area contributed by atoms with Gasteiger partial charge in [-0.2, -0.15) is 0 Å². The van der Waals surface area contributed by atoms with Gasteiger partial charge < -0.3 is 9.47 Å². The number of hydrazine groups is 1. The van der Waals surface area contributed by atoms with E-state index in [1.807, 2.05) is 5.43 Å². The number of rotatable bonds is 4. The van der Waals surface area contributed by atoms with E-state index in [2.05, 4.69) is 10.2 Å². The highest BCUT2D eigenvalue weighted by Crippen LogP contribution is 2.16. The Morgan fingerprint density at radius 3 is 2.63 bits per heavy atom. The van der Waals surface area contributed by atoms with Crippen molar-refractivity contribution < 1.29 is 23.5 Å². The molecule has 2 N–H and O–H groups in total. The number of ether oxygens (including phenoxy) is 2. The Morgan fingerprint density at radius 2 is 2.00 bits per heavy atom. The number of hydrogen-bond acceptors (Lipinski definition) is 4. The van der Waals surface area contributed by atoms with E-state index < -0.39 is 23.9 Å². The van der Waals surface area contributed by atoms with Crippen LogP contribution in [0, 0.1) is 5.82 Å². The fourth-order valence-electron chi connectivity index (χ4n) is 1.17. The van der Waals surface area contributed by atoms with E-state index in [0.29, 0.717) is 0 Å². The van der Waals surface area contributed by atoms with Crippen LogP contribution in [0.4, 0.5) is 9.18 Å². The Hall–Kier alpha value is -2.31. The molecule has 0 bridgehead atoms. The van der Waals surface area contributed by atoms with Crippen LogP contribution in [-0.4, -0.2) is 24.7 Å². The topological polar surface area (TPSA) is 76.7 Å². The van der Waals surface area contributed by atoms with Gasteiger partial charge in [-0.05, 0) is 26.0 Å². The summed E-state index contributed by atoms with van der Waals surface area (Å²) in [4.78, 5) is 22.5. The summed E-state index contributed by atoms with van der Waals surface area (Å²) in [5, 5.41) is 0. The van der Waals surface area contributed by atoms with E-state index >= 15 is 0 Å². The lowest BCUT2D eigenvalue weighted by Gasteiger charge is -2.15. The van der Waals surface area contributed by atoms with Gasteiger partial charge in [-0.25, -0.2) is 14.6 Å². The van der Waals surface area contributed by atoms with E-state index in [9.17, 15) is 14.0 Å². The third-order valence-corrected chi connectivity index (χ3v) is 2.07. The molecule has 19 heavy (non-hydrogen) atoms. The summed E-state index contributed by atoms with van der Waals surface area (Å²) in [5.74, 6) is -1.24. The summed E-state index contributed by atoms with van der Waals surface area (Å²) in [5.41, 5.74) is 4.13. The van der Waals surface area contributed by atoms with Gasteiger partial charge in [0.2, 0.25) is 0 Å². The van der Waals surface area contributed by atoms with Gasteiger partial charge >= 0.3 is 6.09 Å². The second-order valence-corrected chi connectivity index (χ2v) is 3.53. The van der Waals surface area contributed by atoms with E-state index in [1.165, 1.54) is 25.1 Å². The molecule has 1 aromatic carbocycles. The summed E-state index contributed by atoms with van der Waals surface area (Å²) >= 11 is 0. The number of nitrogens with one attached hydrogen (secondary N) is 2. The van der Waals surface area contributed by atoms with Crippen LogP contribution in [0.1, 0.15) is 13.8 Å². The number of para-hydroxylation sites is 1. The third-order valence-electron chi connectivity index (χ3n) is 2.07. The Balaban J connectivity index is 2.45. The summed E-state index contributed by atoms with van der Waals surface area (Å²) in [6.07, 6.45) is -1.76. The second-order valence-electron chi connectivity index (χ2n) is 3.53. The molecule has 0 fully saturated rings. The van der Waals surface area contributed by atoms with Crippen LogP contribution in [0.25, 0.3) is 0 Å². The smallest absolute Gasteiger partial charge is 0.426 e. The van der Waals surface area contributed by atoms with Crippen LogP contribution in [0.2, 0.25) is 0 Å². The first kappa shape index (κ1) is 14.7. The highest BCUT2D eigenvalue weighted by Gasteiger charge is 2.17. The monoisotopic (exact) mass is 270 g/mol. The Labute approximate surface area is 109 Å². The largest absolute Gasteiger partial charge is 0.478 e. The molecular weight excluding hydrogens is 255 g/mol. The molecule has 1 aromatic rings. The molecule has 0 aromatic heterocycles. The number of benzene rings is 1. The number of amides is 2. The summed E-state index contributed by atoms with van der Waals surface area (Å²) in [6.45, 7) is 3.24. The predicted molar refractivity (Wildman–Crippen MR) is 64.8 cm³/mol. The van der Waals surface area contributed by atoms with E-state index in [0.717, 1.165) is 0 Å². The highest BCUT2D eigenvalue weighted by atomic mass is 19.1. The fourth-order valence-corrected chi connectivity index (χ4v) is 1.17. The van der Waals surface area contributed by atoms with Gasteiger partial charge in [0.25, 0.3) is 5.91 Å². The molecule has 1 atom stereocenters. The molecule has 0 radical (unpaired) electrons. The van der Waals surface area contributed by atoms with Gasteiger partial charge in [0, 0.05) is 0 Å². The maximum Gasteiger partial charge on any atom is 0.426 e. The minimum atomic E-state index is -0.973. The lowest BCUT2D eigenvalue weighted by molar-refractivity contribution is -0.128. The first-order valence-corrected chi connectivity index (χ1v) is 5.68. The average Bonchev–Trinajstić information content (AvgIpc) is 2.39. The number of carbonyl (C=O) groups excluding carboxylic acids is 2. The Morgan fingerprint density at radius 1 is 1.32 bits per heavy atom. The molecule has 1 rings (SSSR count). The van der Waals surface area contributed by atoms with Crippen LogP contribution in [0.5, 0.6) is 5.75 Å². The number of halogens is 1. The van der Waals surface area contributed by atoms with E-state index in [-0.39, 0.29) is 12.4 Å². The van der Waals surface area contributed by atoms with Crippen molar-refractivity contribution in [2.75, 3.05) is 6.61 Å². The molecule has 0 saturated heterocycles. The van der Waals surface area contributed by atoms with Crippen molar-refractivity contribution in [2.45, 2.75) is 20.0 Å². The Kier molecular flexibility index (Phi) is 5.59. The zero-order chi connectivity index (χ0) is 14.3. The first-order chi connectivity index (χ1) is 9.04. The molecule has 0 spiro atoms. The Bertz CT molecular complexity index is 453. The quantitative estimate of drug-likeness (QED) is 0.810. The highest BCUT2D eigenvalue weighted by molar-refractivity contribution is 5.82. The maximum absolute atomic E-state index is 13.3. The van der Waals surface area contributed by atoms with Gasteiger partial charge in [0.05, 0.1) is 6.61 Å². The minimum Gasteiger partial charge on any atom is -0.478 e. The summed E-state index contributed by atoms with van der Waals surface area (Å²) in [6, 6.07) is 5.71. The van der Waals surface area contributed by atoms with Crippen molar-refractivity contribution in [1.29, 1.82) is 0 Å². The molecule has 7 heteroatoms. The molecule has 0 unspecified atom stereocenters. The van der Waals surface area contributed by atoms with E-state index in [4.69, 9.17) is 4.74 Å². The minimum absolute atomic E-state index is 0.0405. The standard InChI is InChI=1S/C12H15FN2O4/c1-3-18-12(17)15-14-11(16)8(2)19-10-7-5-4-6-9(10)13/h4-8H,3H2,1-2H3,(H,14,16)(H,15,17)/t8-/m0/s1. The third kappa shape index (κ3) is 4.82. The first-order valence-electron chi connectivity index (χ1n) is 5.68. The number of carbonyl (C=O) groups is 2. The van der Waals surface area contributed by atoms with Crippen molar-refractivity contribution in [2.24, 2.45) is 0 Å². The van der Waals surface area contributed by atoms with Gasteiger partial charge in [-0.1, -0.05) is 12.1 Å². The van der Waals surface area contributed by atoms with Crippen LogP contribution in [0.3, 0.4) is 0 Å². The van der Waals surface area contributed by atoms with Gasteiger partial charge in [-0.15, -0.1) is 0 Å². The normalized spacial score (nSPS) is 11.3. The van der Waals surface area contributed by atoms with Crippen LogP contribution in [0.15, 0.2) is 24.3 Å². The van der Waals surface area contributed by atoms with Crippen molar-refractivity contribution >= 4 is 12.0 Å². The van der Waals surface area contributed by atoms with Gasteiger partial charge in [0.15, 0.2) is 17.7 Å². The van der Waals surface area contributed by atoms with Gasteiger partial charge in [-0.3, -0.25) is 10.2 Å². The molecule has 0 saturated carbocycles. The maximum atomic E-state index is 13.3. The molecule has 2 amide bonds. The fraction of sp³-hybridized carbons (Fsp3) is 0.333. The summed E-state index contributed by atoms with van der Waals surface area (Å²) < 4.78 is 22.9. The van der Waals surface area contributed by atoms with Crippen molar-refractivity contribution in [3.8, 4) is 5.75 Å². The summed E-state index contributed by atoms with van der Waals surface area (Å²) in [7, 11) is 0. The second kappa shape index (κ2) is 7.20. The van der Waals surface area contributed by atoms with Crippen molar-refractivity contribution in [3.63, 3.8) is 0 Å². The molecule has 0 aliphatic heterocycles. The van der Waals surface area contributed by atoms with Crippen LogP contribution >= 0.6 is 0 Å². The molecule has 104 valence electrons. The molecule has 0 aliphatic rings. The van der Waals surface area contributed by atoms with Gasteiger partial charge in [0.1, 0.15) is 0 Å². The lowest BCUT2D eigenvalue weighted by Crippen LogP contribution is -2.47. The zero-order valence-electron chi connectivity index (χ0n) is 10.6. The molecule has 0 heterocycles. The molecule has 6 nitrogen and oxygen atoms in total. The van der Waals surface area contributed by atoms with Crippen LogP contribution in [-0.2, 0) is 9.53 Å². The van der Waals surface area contributed by atoms with Crippen LogP contribution < -0.4 is 15.6 Å². The van der Waals surface area contributed by atoms with Crippen molar-refractivity contribution in [1.82, 2.24) is 10.9 Å².